The Bertz CT molecular complexity index is 243. The SMILES string of the molecule is CCC(N)(C#N)CCCOCC1CCCCC1. The van der Waals surface area contributed by atoms with Gasteiger partial charge in [0, 0.05) is 13.2 Å². The minimum absolute atomic E-state index is 0.645. The molecule has 0 radical (unpaired) electrons. The average Bonchev–Trinajstić information content (AvgIpc) is 2.39. The lowest BCUT2D eigenvalue weighted by Crippen LogP contribution is -2.37. The third kappa shape index (κ3) is 5.52. The fourth-order valence-corrected chi connectivity index (χ4v) is 2.41. The molecule has 2 N–H and O–H groups in total. The van der Waals surface area contributed by atoms with Gasteiger partial charge < -0.3 is 10.5 Å². The van der Waals surface area contributed by atoms with Crippen molar-refractivity contribution in [3.8, 4) is 6.07 Å². The molecule has 98 valence electrons. The Morgan fingerprint density at radius 2 is 2.06 bits per heavy atom. The monoisotopic (exact) mass is 238 g/mol. The number of hydrogen-bond donors (Lipinski definition) is 1. The van der Waals surface area contributed by atoms with Crippen LogP contribution in [0.5, 0.6) is 0 Å². The van der Waals surface area contributed by atoms with Gasteiger partial charge in [0.2, 0.25) is 0 Å². The second-order valence-corrected chi connectivity index (χ2v) is 5.30. The second-order valence-electron chi connectivity index (χ2n) is 5.30. The van der Waals surface area contributed by atoms with Crippen LogP contribution in [0.3, 0.4) is 0 Å². The molecular formula is C14H26N2O. The largest absolute Gasteiger partial charge is 0.381 e. The Kier molecular flexibility index (Phi) is 6.54. The summed E-state index contributed by atoms with van der Waals surface area (Å²) >= 11 is 0. The first-order valence-electron chi connectivity index (χ1n) is 6.98. The molecule has 0 heterocycles. The minimum atomic E-state index is -0.645. The standard InChI is InChI=1S/C14H26N2O/c1-2-14(16,12-15)9-6-10-17-11-13-7-4-3-5-8-13/h13H,2-11,16H2,1H3. The molecule has 1 saturated carbocycles. The van der Waals surface area contributed by atoms with Crippen LogP contribution in [0, 0.1) is 17.2 Å². The van der Waals surface area contributed by atoms with E-state index in [-0.39, 0.29) is 0 Å². The van der Waals surface area contributed by atoms with E-state index < -0.39 is 5.54 Å². The molecule has 1 fully saturated rings. The zero-order valence-corrected chi connectivity index (χ0v) is 11.1. The highest BCUT2D eigenvalue weighted by Crippen LogP contribution is 2.23. The van der Waals surface area contributed by atoms with E-state index in [1.165, 1.54) is 32.1 Å². The van der Waals surface area contributed by atoms with Crippen LogP contribution in [0.15, 0.2) is 0 Å². The van der Waals surface area contributed by atoms with Gasteiger partial charge >= 0.3 is 0 Å². The Morgan fingerprint density at radius 1 is 1.35 bits per heavy atom. The fourth-order valence-electron chi connectivity index (χ4n) is 2.41. The van der Waals surface area contributed by atoms with Gasteiger partial charge in [0.15, 0.2) is 0 Å². The summed E-state index contributed by atoms with van der Waals surface area (Å²) in [6.07, 6.45) is 9.13. The quantitative estimate of drug-likeness (QED) is 0.694. The van der Waals surface area contributed by atoms with Crippen LogP contribution in [0.2, 0.25) is 0 Å². The van der Waals surface area contributed by atoms with Crippen molar-refractivity contribution in [2.24, 2.45) is 11.7 Å². The van der Waals surface area contributed by atoms with E-state index in [9.17, 15) is 0 Å². The highest BCUT2D eigenvalue weighted by Gasteiger charge is 2.21. The summed E-state index contributed by atoms with van der Waals surface area (Å²) in [5, 5.41) is 8.93. The minimum Gasteiger partial charge on any atom is -0.381 e. The van der Waals surface area contributed by atoms with Gasteiger partial charge in [-0.05, 0) is 38.0 Å². The zero-order chi connectivity index (χ0) is 12.6. The van der Waals surface area contributed by atoms with Gasteiger partial charge in [0.1, 0.15) is 5.54 Å². The molecule has 0 aromatic heterocycles. The van der Waals surface area contributed by atoms with Crippen LogP contribution >= 0.6 is 0 Å². The van der Waals surface area contributed by atoms with E-state index in [1.807, 2.05) is 6.92 Å². The van der Waals surface area contributed by atoms with Gasteiger partial charge in [-0.25, -0.2) is 0 Å². The maximum Gasteiger partial charge on any atom is 0.104 e. The van der Waals surface area contributed by atoms with E-state index in [2.05, 4.69) is 6.07 Å². The van der Waals surface area contributed by atoms with E-state index in [1.54, 1.807) is 0 Å². The zero-order valence-electron chi connectivity index (χ0n) is 11.1. The highest BCUT2D eigenvalue weighted by molar-refractivity contribution is 5.03. The summed E-state index contributed by atoms with van der Waals surface area (Å²) in [6, 6.07) is 2.19. The molecule has 0 bridgehead atoms. The van der Waals surface area contributed by atoms with E-state index in [0.29, 0.717) is 6.42 Å². The van der Waals surface area contributed by atoms with Crippen molar-refractivity contribution in [1.82, 2.24) is 0 Å². The number of nitrogens with two attached hydrogens (primary N) is 1. The molecule has 1 unspecified atom stereocenters. The van der Waals surface area contributed by atoms with Crippen LogP contribution in [0.4, 0.5) is 0 Å². The maximum atomic E-state index is 8.93. The molecule has 17 heavy (non-hydrogen) atoms. The number of rotatable bonds is 7. The van der Waals surface area contributed by atoms with Crippen molar-refractivity contribution >= 4 is 0 Å². The van der Waals surface area contributed by atoms with E-state index >= 15 is 0 Å². The molecule has 1 aliphatic rings. The predicted octanol–water partition coefficient (Wildman–Crippen LogP) is 2.99. The average molecular weight is 238 g/mol. The smallest absolute Gasteiger partial charge is 0.104 e. The van der Waals surface area contributed by atoms with Crippen molar-refractivity contribution in [2.75, 3.05) is 13.2 Å². The lowest BCUT2D eigenvalue weighted by molar-refractivity contribution is 0.0807. The topological polar surface area (TPSA) is 59.0 Å². The predicted molar refractivity (Wildman–Crippen MR) is 69.5 cm³/mol. The molecule has 0 aliphatic heterocycles. The number of ether oxygens (including phenoxy) is 1. The van der Waals surface area contributed by atoms with Crippen LogP contribution in [0.25, 0.3) is 0 Å². The normalized spacial score (nSPS) is 20.8. The first kappa shape index (κ1) is 14.5. The summed E-state index contributed by atoms with van der Waals surface area (Å²) in [7, 11) is 0. The fraction of sp³-hybridized carbons (Fsp3) is 0.929. The highest BCUT2D eigenvalue weighted by atomic mass is 16.5. The Morgan fingerprint density at radius 3 is 2.65 bits per heavy atom. The van der Waals surface area contributed by atoms with Gasteiger partial charge in [-0.3, -0.25) is 0 Å². The van der Waals surface area contributed by atoms with Crippen LogP contribution in [-0.2, 0) is 4.74 Å². The number of nitriles is 1. The second kappa shape index (κ2) is 7.68. The van der Waals surface area contributed by atoms with Gasteiger partial charge in [0.25, 0.3) is 0 Å². The molecule has 0 aromatic carbocycles. The molecule has 0 amide bonds. The summed E-state index contributed by atoms with van der Waals surface area (Å²) in [5.41, 5.74) is 5.26. The molecule has 3 heteroatoms. The summed E-state index contributed by atoms with van der Waals surface area (Å²) in [6.45, 7) is 3.61. The van der Waals surface area contributed by atoms with Crippen molar-refractivity contribution in [1.29, 1.82) is 5.26 Å². The van der Waals surface area contributed by atoms with Gasteiger partial charge in [-0.15, -0.1) is 0 Å². The molecule has 1 rings (SSSR count). The van der Waals surface area contributed by atoms with E-state index in [0.717, 1.165) is 32.0 Å². The molecule has 0 aromatic rings. The van der Waals surface area contributed by atoms with Crippen LogP contribution in [-0.4, -0.2) is 18.8 Å². The van der Waals surface area contributed by atoms with Crippen molar-refractivity contribution in [3.63, 3.8) is 0 Å². The lowest BCUT2D eigenvalue weighted by Gasteiger charge is -2.22. The molecule has 3 nitrogen and oxygen atoms in total. The molecule has 1 aliphatic carbocycles. The van der Waals surface area contributed by atoms with Gasteiger partial charge in [0.05, 0.1) is 6.07 Å². The first-order chi connectivity index (χ1) is 8.20. The molecule has 1 atom stereocenters. The Labute approximate surface area is 105 Å². The summed E-state index contributed by atoms with van der Waals surface area (Å²) < 4.78 is 5.69. The molecule has 0 saturated heterocycles. The van der Waals surface area contributed by atoms with Crippen molar-refractivity contribution in [3.05, 3.63) is 0 Å². The van der Waals surface area contributed by atoms with Crippen LogP contribution in [0.1, 0.15) is 58.3 Å². The Balaban J connectivity index is 2.02. The van der Waals surface area contributed by atoms with Crippen molar-refractivity contribution in [2.45, 2.75) is 63.8 Å². The number of nitrogens with zero attached hydrogens (tertiary/aromatic N) is 1. The maximum absolute atomic E-state index is 8.93. The van der Waals surface area contributed by atoms with Gasteiger partial charge in [-0.2, -0.15) is 5.26 Å². The third-order valence-electron chi connectivity index (χ3n) is 3.84. The Hall–Kier alpha value is -0.590. The molecular weight excluding hydrogens is 212 g/mol. The summed E-state index contributed by atoms with van der Waals surface area (Å²) in [5.74, 6) is 0.772. The number of hydrogen-bond acceptors (Lipinski definition) is 3. The lowest BCUT2D eigenvalue weighted by atomic mass is 9.90. The third-order valence-corrected chi connectivity index (χ3v) is 3.84. The molecule has 0 spiro atoms. The van der Waals surface area contributed by atoms with E-state index in [4.69, 9.17) is 15.7 Å². The summed E-state index contributed by atoms with van der Waals surface area (Å²) in [4.78, 5) is 0. The first-order valence-corrected chi connectivity index (χ1v) is 6.98. The van der Waals surface area contributed by atoms with Crippen molar-refractivity contribution < 1.29 is 4.74 Å². The van der Waals surface area contributed by atoms with Gasteiger partial charge in [-0.1, -0.05) is 26.2 Å². The van der Waals surface area contributed by atoms with Crippen LogP contribution < -0.4 is 5.73 Å².